The molecule has 5 heteroatoms. The smallest absolute Gasteiger partial charge is 0.293 e. The van der Waals surface area contributed by atoms with Crippen molar-refractivity contribution in [2.24, 2.45) is 10.9 Å². The van der Waals surface area contributed by atoms with E-state index >= 15 is 0 Å². The van der Waals surface area contributed by atoms with E-state index in [-0.39, 0.29) is 17.9 Å². The minimum atomic E-state index is -0.155. The number of hydrogen-bond donors (Lipinski definition) is 1. The topological polar surface area (TPSA) is 67.8 Å². The Hall–Kier alpha value is -1.39. The molecule has 1 aliphatic carbocycles. The molecule has 1 amide bonds. The van der Waals surface area contributed by atoms with E-state index in [4.69, 9.17) is 4.74 Å². The number of ether oxygens (including phenoxy) is 1. The third kappa shape index (κ3) is 4.62. The highest BCUT2D eigenvalue weighted by molar-refractivity contribution is 5.85. The average molecular weight is 280 g/mol. The van der Waals surface area contributed by atoms with Gasteiger partial charge in [0.15, 0.2) is 0 Å². The van der Waals surface area contributed by atoms with Crippen LogP contribution in [0.15, 0.2) is 4.99 Å². The molecule has 2 unspecified atom stereocenters. The van der Waals surface area contributed by atoms with Gasteiger partial charge in [-0.1, -0.05) is 6.42 Å². The Balaban J connectivity index is 1.71. The molecule has 5 nitrogen and oxygen atoms in total. The van der Waals surface area contributed by atoms with E-state index in [2.05, 4.69) is 10.3 Å². The van der Waals surface area contributed by atoms with Crippen LogP contribution in [0, 0.1) is 5.92 Å². The first-order valence-electron chi connectivity index (χ1n) is 7.67. The lowest BCUT2D eigenvalue weighted by Crippen LogP contribution is -2.26. The zero-order valence-electron chi connectivity index (χ0n) is 12.0. The van der Waals surface area contributed by atoms with Gasteiger partial charge in [-0.2, -0.15) is 0 Å². The summed E-state index contributed by atoms with van der Waals surface area (Å²) in [5.74, 6) is 0.173. The molecule has 0 aromatic heterocycles. The Morgan fingerprint density at radius 2 is 2.15 bits per heavy atom. The Morgan fingerprint density at radius 3 is 2.80 bits per heavy atom. The normalized spacial score (nSPS) is 24.1. The van der Waals surface area contributed by atoms with Gasteiger partial charge in [0.2, 0.25) is 5.91 Å². The Kier molecular flexibility index (Phi) is 6.02. The van der Waals surface area contributed by atoms with Crippen LogP contribution in [0.2, 0.25) is 0 Å². The van der Waals surface area contributed by atoms with Crippen LogP contribution in [-0.2, 0) is 14.3 Å². The first kappa shape index (κ1) is 15.0. The van der Waals surface area contributed by atoms with Gasteiger partial charge >= 0.3 is 0 Å². The number of hydrogen-bond acceptors (Lipinski definition) is 4. The van der Waals surface area contributed by atoms with Gasteiger partial charge in [0.1, 0.15) is 6.10 Å². The molecular formula is C15H24N2O3. The van der Waals surface area contributed by atoms with Crippen molar-refractivity contribution in [3.8, 4) is 0 Å². The molecule has 0 aromatic rings. The maximum Gasteiger partial charge on any atom is 0.293 e. The minimum Gasteiger partial charge on any atom is -0.464 e. The standard InChI is InChI=1S/C15H24N2O3/c18-11-20-14(12-9-15(19)17-10-12)7-4-8-16-13-5-2-1-3-6-13/h11-12,14H,1-10H2,(H,17,19). The highest BCUT2D eigenvalue weighted by atomic mass is 16.5. The highest BCUT2D eigenvalue weighted by Gasteiger charge is 2.30. The van der Waals surface area contributed by atoms with E-state index in [1.807, 2.05) is 0 Å². The van der Waals surface area contributed by atoms with Crippen molar-refractivity contribution in [3.63, 3.8) is 0 Å². The summed E-state index contributed by atoms with van der Waals surface area (Å²) in [7, 11) is 0. The zero-order valence-corrected chi connectivity index (χ0v) is 12.0. The lowest BCUT2D eigenvalue weighted by Gasteiger charge is -2.20. The maximum absolute atomic E-state index is 11.2. The molecule has 1 saturated carbocycles. The summed E-state index contributed by atoms with van der Waals surface area (Å²) >= 11 is 0. The third-order valence-corrected chi connectivity index (χ3v) is 4.18. The molecular weight excluding hydrogens is 256 g/mol. The predicted octanol–water partition coefficient (Wildman–Crippen LogP) is 1.85. The lowest BCUT2D eigenvalue weighted by atomic mass is 9.97. The van der Waals surface area contributed by atoms with Crippen LogP contribution in [0.4, 0.5) is 0 Å². The number of amides is 1. The number of carbonyl (C=O) groups excluding carboxylic acids is 2. The fraction of sp³-hybridized carbons (Fsp3) is 0.800. The average Bonchev–Trinajstić information content (AvgIpc) is 2.90. The Labute approximate surface area is 120 Å². The Bertz CT molecular complexity index is 360. The second kappa shape index (κ2) is 8.02. The van der Waals surface area contributed by atoms with Crippen molar-refractivity contribution < 1.29 is 14.3 Å². The fourth-order valence-electron chi connectivity index (χ4n) is 3.02. The number of rotatable bonds is 7. The van der Waals surface area contributed by atoms with Crippen molar-refractivity contribution in [1.29, 1.82) is 0 Å². The molecule has 2 rings (SSSR count). The van der Waals surface area contributed by atoms with Crippen LogP contribution in [0.25, 0.3) is 0 Å². The molecule has 1 N–H and O–H groups in total. The molecule has 1 saturated heterocycles. The van der Waals surface area contributed by atoms with Crippen LogP contribution >= 0.6 is 0 Å². The molecule has 0 bridgehead atoms. The SMILES string of the molecule is O=COC(CCCN=C1CCCCC1)C1CNC(=O)C1. The van der Waals surface area contributed by atoms with Crippen molar-refractivity contribution in [3.05, 3.63) is 0 Å². The minimum absolute atomic E-state index is 0.0527. The van der Waals surface area contributed by atoms with Crippen LogP contribution in [0.1, 0.15) is 51.4 Å². The van der Waals surface area contributed by atoms with E-state index in [0.717, 1.165) is 32.2 Å². The van der Waals surface area contributed by atoms with Gasteiger partial charge in [-0.3, -0.25) is 14.6 Å². The Morgan fingerprint density at radius 1 is 1.35 bits per heavy atom. The summed E-state index contributed by atoms with van der Waals surface area (Å²) in [5, 5.41) is 2.79. The van der Waals surface area contributed by atoms with Crippen molar-refractivity contribution in [2.75, 3.05) is 13.1 Å². The molecule has 0 spiro atoms. The molecule has 2 atom stereocenters. The van der Waals surface area contributed by atoms with Crippen LogP contribution in [0.3, 0.4) is 0 Å². The van der Waals surface area contributed by atoms with E-state index in [1.54, 1.807) is 0 Å². The van der Waals surface area contributed by atoms with E-state index < -0.39 is 0 Å². The summed E-state index contributed by atoms with van der Waals surface area (Å²) in [4.78, 5) is 26.4. The van der Waals surface area contributed by atoms with Gasteiger partial charge in [0, 0.05) is 31.1 Å². The van der Waals surface area contributed by atoms with Gasteiger partial charge in [-0.05, 0) is 38.5 Å². The molecule has 112 valence electrons. The summed E-state index contributed by atoms with van der Waals surface area (Å²) < 4.78 is 5.15. The lowest BCUT2D eigenvalue weighted by molar-refractivity contribution is -0.136. The summed E-state index contributed by atoms with van der Waals surface area (Å²) in [6, 6.07) is 0. The summed E-state index contributed by atoms with van der Waals surface area (Å²) in [6.45, 7) is 1.93. The zero-order chi connectivity index (χ0) is 14.2. The molecule has 0 aromatic carbocycles. The first-order chi connectivity index (χ1) is 9.79. The van der Waals surface area contributed by atoms with Crippen molar-refractivity contribution >= 4 is 18.1 Å². The van der Waals surface area contributed by atoms with Crippen LogP contribution in [-0.4, -0.2) is 37.3 Å². The molecule has 2 fully saturated rings. The van der Waals surface area contributed by atoms with Gasteiger partial charge in [0.25, 0.3) is 6.47 Å². The van der Waals surface area contributed by atoms with Gasteiger partial charge < -0.3 is 10.1 Å². The number of nitrogens with one attached hydrogen (secondary N) is 1. The number of carbonyl (C=O) groups is 2. The number of nitrogens with zero attached hydrogens (tertiary/aromatic N) is 1. The first-order valence-corrected chi connectivity index (χ1v) is 7.67. The third-order valence-electron chi connectivity index (χ3n) is 4.18. The molecule has 20 heavy (non-hydrogen) atoms. The van der Waals surface area contributed by atoms with Crippen molar-refractivity contribution in [2.45, 2.75) is 57.5 Å². The van der Waals surface area contributed by atoms with Gasteiger partial charge in [-0.25, -0.2) is 0 Å². The van der Waals surface area contributed by atoms with Gasteiger partial charge in [-0.15, -0.1) is 0 Å². The molecule has 1 heterocycles. The monoisotopic (exact) mass is 280 g/mol. The molecule has 1 aliphatic heterocycles. The second-order valence-corrected chi connectivity index (χ2v) is 5.69. The summed E-state index contributed by atoms with van der Waals surface area (Å²) in [6.07, 6.45) is 8.17. The largest absolute Gasteiger partial charge is 0.464 e. The fourth-order valence-corrected chi connectivity index (χ4v) is 3.02. The van der Waals surface area contributed by atoms with E-state index in [0.29, 0.717) is 19.4 Å². The van der Waals surface area contributed by atoms with E-state index in [9.17, 15) is 9.59 Å². The van der Waals surface area contributed by atoms with Crippen molar-refractivity contribution in [1.82, 2.24) is 5.32 Å². The predicted molar refractivity (Wildman–Crippen MR) is 76.7 cm³/mol. The van der Waals surface area contributed by atoms with Gasteiger partial charge in [0.05, 0.1) is 0 Å². The number of aliphatic imine (C=N–C) groups is 1. The summed E-state index contributed by atoms with van der Waals surface area (Å²) in [5.41, 5.74) is 1.35. The molecule has 2 aliphatic rings. The quantitative estimate of drug-likeness (QED) is 0.571. The highest BCUT2D eigenvalue weighted by Crippen LogP contribution is 2.20. The van der Waals surface area contributed by atoms with E-state index in [1.165, 1.54) is 25.0 Å². The van der Waals surface area contributed by atoms with Crippen LogP contribution < -0.4 is 5.32 Å². The maximum atomic E-state index is 11.2. The second-order valence-electron chi connectivity index (χ2n) is 5.69. The van der Waals surface area contributed by atoms with Crippen LogP contribution in [0.5, 0.6) is 0 Å². The molecule has 0 radical (unpaired) electrons.